The molecule has 1 atom stereocenters. The van der Waals surface area contributed by atoms with Crippen molar-refractivity contribution in [2.24, 2.45) is 0 Å². The zero-order chi connectivity index (χ0) is 16.7. The number of carbonyl (C=O) groups is 2. The van der Waals surface area contributed by atoms with Crippen LogP contribution >= 0.6 is 0 Å². The largest absolute Gasteiger partial charge is 0.493 e. The molecule has 1 aliphatic heterocycles. The summed E-state index contributed by atoms with van der Waals surface area (Å²) in [4.78, 5) is 23.3. The Balaban J connectivity index is 1.91. The van der Waals surface area contributed by atoms with Crippen LogP contribution in [0.25, 0.3) is 0 Å². The molecule has 0 spiro atoms. The highest BCUT2D eigenvalue weighted by Gasteiger charge is 2.24. The van der Waals surface area contributed by atoms with Gasteiger partial charge < -0.3 is 19.9 Å². The summed E-state index contributed by atoms with van der Waals surface area (Å²) in [6.45, 7) is 3.08. The maximum atomic E-state index is 11.9. The van der Waals surface area contributed by atoms with Gasteiger partial charge in [0.25, 0.3) is 0 Å². The Hall–Kier alpha value is -2.08. The van der Waals surface area contributed by atoms with Gasteiger partial charge in [0.15, 0.2) is 6.04 Å². The fraction of sp³-hybridized carbons (Fsp3) is 0.529. The van der Waals surface area contributed by atoms with Crippen LogP contribution in [0.1, 0.15) is 43.4 Å². The fourth-order valence-corrected chi connectivity index (χ4v) is 2.50. The van der Waals surface area contributed by atoms with Crippen molar-refractivity contribution in [1.29, 1.82) is 0 Å². The van der Waals surface area contributed by atoms with Gasteiger partial charge in [-0.1, -0.05) is 25.8 Å². The summed E-state index contributed by atoms with van der Waals surface area (Å²) in [6, 6.07) is 4.13. The molecular formula is C17H23NO5. The van der Waals surface area contributed by atoms with E-state index in [9.17, 15) is 14.7 Å². The summed E-state index contributed by atoms with van der Waals surface area (Å²) in [5.41, 5.74) is 1.51. The van der Waals surface area contributed by atoms with Crippen LogP contribution in [0.15, 0.2) is 18.2 Å². The molecule has 0 aliphatic carbocycles. The summed E-state index contributed by atoms with van der Waals surface area (Å²) in [7, 11) is 0. The molecule has 0 saturated carbocycles. The number of benzene rings is 1. The maximum Gasteiger partial charge on any atom is 0.330 e. The number of amides is 1. The van der Waals surface area contributed by atoms with Gasteiger partial charge in [0, 0.05) is 13.0 Å². The van der Waals surface area contributed by atoms with E-state index in [4.69, 9.17) is 9.47 Å². The van der Waals surface area contributed by atoms with Gasteiger partial charge in [-0.25, -0.2) is 4.79 Å². The zero-order valence-electron chi connectivity index (χ0n) is 13.3. The van der Waals surface area contributed by atoms with E-state index in [1.807, 2.05) is 0 Å². The monoisotopic (exact) mass is 321 g/mol. The SMILES string of the molecule is CCCCCOCC(=O)NC(C(=O)O)c1ccc2c(c1)CCO2. The molecule has 0 aromatic heterocycles. The lowest BCUT2D eigenvalue weighted by atomic mass is 10.0. The summed E-state index contributed by atoms with van der Waals surface area (Å²) >= 11 is 0. The van der Waals surface area contributed by atoms with Gasteiger partial charge in [-0.15, -0.1) is 0 Å². The first kappa shape index (κ1) is 17.3. The van der Waals surface area contributed by atoms with Gasteiger partial charge in [-0.05, 0) is 29.7 Å². The summed E-state index contributed by atoms with van der Waals surface area (Å²) in [5.74, 6) is -0.739. The van der Waals surface area contributed by atoms with Crippen molar-refractivity contribution in [2.75, 3.05) is 19.8 Å². The third kappa shape index (κ3) is 4.96. The predicted molar refractivity (Wildman–Crippen MR) is 84.5 cm³/mol. The van der Waals surface area contributed by atoms with Gasteiger partial charge in [0.2, 0.25) is 5.91 Å². The van der Waals surface area contributed by atoms with E-state index in [0.29, 0.717) is 18.8 Å². The third-order valence-corrected chi connectivity index (χ3v) is 3.72. The fourth-order valence-electron chi connectivity index (χ4n) is 2.50. The standard InChI is InChI=1S/C17H23NO5/c1-2-3-4-8-22-11-15(19)18-16(17(20)21)13-5-6-14-12(10-13)7-9-23-14/h5-6,10,16H,2-4,7-9,11H2,1H3,(H,18,19)(H,20,21). The number of unbranched alkanes of at least 4 members (excludes halogenated alkanes) is 2. The molecule has 1 unspecified atom stereocenters. The molecule has 2 N–H and O–H groups in total. The Morgan fingerprint density at radius 3 is 2.96 bits per heavy atom. The highest BCUT2D eigenvalue weighted by Crippen LogP contribution is 2.28. The smallest absolute Gasteiger partial charge is 0.330 e. The molecule has 23 heavy (non-hydrogen) atoms. The van der Waals surface area contributed by atoms with Crippen molar-refractivity contribution in [2.45, 2.75) is 38.6 Å². The Kier molecular flexibility index (Phi) is 6.40. The van der Waals surface area contributed by atoms with Crippen molar-refractivity contribution in [1.82, 2.24) is 5.32 Å². The van der Waals surface area contributed by atoms with E-state index in [-0.39, 0.29) is 6.61 Å². The number of carbonyl (C=O) groups excluding carboxylic acids is 1. The number of ether oxygens (including phenoxy) is 2. The molecular weight excluding hydrogens is 298 g/mol. The number of carboxylic acid groups (broad SMARTS) is 1. The first-order valence-corrected chi connectivity index (χ1v) is 7.97. The molecule has 126 valence electrons. The van der Waals surface area contributed by atoms with Crippen LogP contribution in [0.4, 0.5) is 0 Å². The van der Waals surface area contributed by atoms with Crippen molar-refractivity contribution < 1.29 is 24.2 Å². The number of nitrogens with one attached hydrogen (secondary N) is 1. The normalized spacial score (nSPS) is 14.0. The van der Waals surface area contributed by atoms with E-state index in [1.54, 1.807) is 18.2 Å². The van der Waals surface area contributed by atoms with Crippen molar-refractivity contribution in [3.8, 4) is 5.75 Å². The summed E-state index contributed by atoms with van der Waals surface area (Å²) in [6.07, 6.45) is 3.79. The van der Waals surface area contributed by atoms with Crippen LogP contribution in [-0.4, -0.2) is 36.8 Å². The first-order chi connectivity index (χ1) is 11.1. The molecule has 1 aromatic carbocycles. The van der Waals surface area contributed by atoms with E-state index in [0.717, 1.165) is 37.0 Å². The molecule has 0 fully saturated rings. The lowest BCUT2D eigenvalue weighted by Crippen LogP contribution is -2.36. The number of carboxylic acids is 1. The number of aliphatic carboxylic acids is 1. The predicted octanol–water partition coefficient (Wildman–Crippen LogP) is 2.07. The van der Waals surface area contributed by atoms with Crippen molar-refractivity contribution in [3.05, 3.63) is 29.3 Å². The average molecular weight is 321 g/mol. The van der Waals surface area contributed by atoms with Crippen LogP contribution in [0.5, 0.6) is 5.75 Å². The van der Waals surface area contributed by atoms with Gasteiger partial charge in [0.05, 0.1) is 6.61 Å². The minimum absolute atomic E-state index is 0.123. The van der Waals surface area contributed by atoms with Crippen LogP contribution in [0, 0.1) is 0 Å². The maximum absolute atomic E-state index is 11.9. The summed E-state index contributed by atoms with van der Waals surface area (Å²) < 4.78 is 10.7. The molecule has 1 aromatic rings. The topological polar surface area (TPSA) is 84.9 Å². The van der Waals surface area contributed by atoms with Gasteiger partial charge in [-0.3, -0.25) is 4.79 Å². The lowest BCUT2D eigenvalue weighted by Gasteiger charge is -2.16. The highest BCUT2D eigenvalue weighted by atomic mass is 16.5. The van der Waals surface area contributed by atoms with Gasteiger partial charge >= 0.3 is 5.97 Å². The Bertz CT molecular complexity index is 558. The number of hydrogen-bond donors (Lipinski definition) is 2. The zero-order valence-corrected chi connectivity index (χ0v) is 13.3. The highest BCUT2D eigenvalue weighted by molar-refractivity contribution is 5.85. The Morgan fingerprint density at radius 2 is 2.22 bits per heavy atom. The second kappa shape index (κ2) is 8.53. The minimum Gasteiger partial charge on any atom is -0.493 e. The molecule has 0 saturated heterocycles. The Morgan fingerprint density at radius 1 is 1.39 bits per heavy atom. The average Bonchev–Trinajstić information content (AvgIpc) is 2.99. The molecule has 0 radical (unpaired) electrons. The molecule has 1 aliphatic rings. The molecule has 0 bridgehead atoms. The van der Waals surface area contributed by atoms with E-state index in [2.05, 4.69) is 12.2 Å². The molecule has 6 nitrogen and oxygen atoms in total. The number of fused-ring (bicyclic) bond motifs is 1. The lowest BCUT2D eigenvalue weighted by molar-refractivity contribution is -0.142. The minimum atomic E-state index is -1.09. The molecule has 1 heterocycles. The van der Waals surface area contributed by atoms with Crippen LogP contribution in [0.3, 0.4) is 0 Å². The molecule has 2 rings (SSSR count). The van der Waals surface area contributed by atoms with Crippen LogP contribution in [-0.2, 0) is 20.7 Å². The third-order valence-electron chi connectivity index (χ3n) is 3.72. The van der Waals surface area contributed by atoms with Crippen LogP contribution < -0.4 is 10.1 Å². The summed E-state index contributed by atoms with van der Waals surface area (Å²) in [5, 5.41) is 11.9. The van der Waals surface area contributed by atoms with E-state index >= 15 is 0 Å². The molecule has 1 amide bonds. The number of rotatable bonds is 9. The number of hydrogen-bond acceptors (Lipinski definition) is 4. The quantitative estimate of drug-likeness (QED) is 0.680. The van der Waals surface area contributed by atoms with E-state index < -0.39 is 17.9 Å². The van der Waals surface area contributed by atoms with Gasteiger partial charge in [0.1, 0.15) is 12.4 Å². The van der Waals surface area contributed by atoms with E-state index in [1.165, 1.54) is 0 Å². The Labute approximate surface area is 135 Å². The second-order valence-corrected chi connectivity index (χ2v) is 5.56. The van der Waals surface area contributed by atoms with Gasteiger partial charge in [-0.2, -0.15) is 0 Å². The van der Waals surface area contributed by atoms with Crippen molar-refractivity contribution >= 4 is 11.9 Å². The second-order valence-electron chi connectivity index (χ2n) is 5.56. The molecule has 6 heteroatoms. The first-order valence-electron chi connectivity index (χ1n) is 7.97. The van der Waals surface area contributed by atoms with Crippen molar-refractivity contribution in [3.63, 3.8) is 0 Å². The van der Waals surface area contributed by atoms with Crippen LogP contribution in [0.2, 0.25) is 0 Å².